The molecule has 7 nitrogen and oxygen atoms in total. The van der Waals surface area contributed by atoms with Gasteiger partial charge in [-0.05, 0) is 36.8 Å². The number of hydrogen-bond donors (Lipinski definition) is 1. The van der Waals surface area contributed by atoms with Gasteiger partial charge in [0.15, 0.2) is 11.5 Å². The standard InChI is InChI=1S/C17H20N2O5S/c1-12-8-9-14(22-2)16(10-12)25(20,21)19-18-11-13-6-5-7-15(23-3)17(13)24-4/h5-11,19H,1-4H3/b18-11+. The first-order chi connectivity index (χ1) is 11.9. The molecule has 0 unspecified atom stereocenters. The zero-order valence-corrected chi connectivity index (χ0v) is 15.3. The van der Waals surface area contributed by atoms with Crippen LogP contribution >= 0.6 is 0 Å². The van der Waals surface area contributed by atoms with Crippen molar-refractivity contribution in [2.75, 3.05) is 21.3 Å². The highest BCUT2D eigenvalue weighted by molar-refractivity contribution is 7.89. The minimum absolute atomic E-state index is 0.0183. The summed E-state index contributed by atoms with van der Waals surface area (Å²) < 4.78 is 40.5. The van der Waals surface area contributed by atoms with Crippen LogP contribution in [-0.2, 0) is 10.0 Å². The van der Waals surface area contributed by atoms with Crippen LogP contribution in [-0.4, -0.2) is 36.0 Å². The number of rotatable bonds is 7. The van der Waals surface area contributed by atoms with Gasteiger partial charge in [-0.3, -0.25) is 0 Å². The molecule has 0 saturated heterocycles. The van der Waals surface area contributed by atoms with Gasteiger partial charge in [-0.15, -0.1) is 0 Å². The largest absolute Gasteiger partial charge is 0.495 e. The molecule has 2 aromatic rings. The second-order valence-corrected chi connectivity index (χ2v) is 6.72. The quantitative estimate of drug-likeness (QED) is 0.602. The fourth-order valence-corrected chi connectivity index (χ4v) is 3.27. The maximum absolute atomic E-state index is 12.5. The molecule has 2 aromatic carbocycles. The number of nitrogens with one attached hydrogen (secondary N) is 1. The van der Waals surface area contributed by atoms with Crippen LogP contribution in [0.2, 0.25) is 0 Å². The van der Waals surface area contributed by atoms with Crippen molar-refractivity contribution in [3.8, 4) is 17.2 Å². The summed E-state index contributed by atoms with van der Waals surface area (Å²) in [5.41, 5.74) is 1.36. The van der Waals surface area contributed by atoms with Crippen molar-refractivity contribution in [2.24, 2.45) is 5.10 Å². The summed E-state index contributed by atoms with van der Waals surface area (Å²) in [6, 6.07) is 10.1. The molecule has 0 spiro atoms. The SMILES string of the molecule is COc1ccc(C)cc1S(=O)(=O)N/N=C/c1cccc(OC)c1OC. The number of benzene rings is 2. The maximum atomic E-state index is 12.5. The molecule has 25 heavy (non-hydrogen) atoms. The van der Waals surface area contributed by atoms with E-state index in [2.05, 4.69) is 9.93 Å². The molecule has 8 heteroatoms. The fraction of sp³-hybridized carbons (Fsp3) is 0.235. The highest BCUT2D eigenvalue weighted by Gasteiger charge is 2.19. The van der Waals surface area contributed by atoms with E-state index in [1.165, 1.54) is 33.6 Å². The zero-order chi connectivity index (χ0) is 18.4. The van der Waals surface area contributed by atoms with E-state index in [9.17, 15) is 8.42 Å². The van der Waals surface area contributed by atoms with Crippen LogP contribution in [0.4, 0.5) is 0 Å². The molecule has 1 N–H and O–H groups in total. The summed E-state index contributed by atoms with van der Waals surface area (Å²) in [5.74, 6) is 1.23. The topological polar surface area (TPSA) is 86.2 Å². The van der Waals surface area contributed by atoms with E-state index >= 15 is 0 Å². The number of nitrogens with zero attached hydrogens (tertiary/aromatic N) is 1. The molecular weight excluding hydrogens is 344 g/mol. The lowest BCUT2D eigenvalue weighted by Crippen LogP contribution is -2.19. The summed E-state index contributed by atoms with van der Waals surface area (Å²) >= 11 is 0. The molecule has 2 rings (SSSR count). The maximum Gasteiger partial charge on any atom is 0.280 e. The van der Waals surface area contributed by atoms with E-state index in [0.717, 1.165) is 5.56 Å². The van der Waals surface area contributed by atoms with Crippen molar-refractivity contribution in [3.05, 3.63) is 47.5 Å². The molecule has 0 aliphatic carbocycles. The van der Waals surface area contributed by atoms with Crippen LogP contribution in [0.1, 0.15) is 11.1 Å². The minimum atomic E-state index is -3.88. The third-order valence-electron chi connectivity index (χ3n) is 3.42. The van der Waals surface area contributed by atoms with E-state index in [-0.39, 0.29) is 10.6 Å². The van der Waals surface area contributed by atoms with Crippen molar-refractivity contribution >= 4 is 16.2 Å². The van der Waals surface area contributed by atoms with Gasteiger partial charge in [0.2, 0.25) is 0 Å². The highest BCUT2D eigenvalue weighted by Crippen LogP contribution is 2.29. The molecule has 0 aliphatic heterocycles. The first-order valence-electron chi connectivity index (χ1n) is 7.33. The lowest BCUT2D eigenvalue weighted by atomic mass is 10.2. The lowest BCUT2D eigenvalue weighted by molar-refractivity contribution is 0.354. The van der Waals surface area contributed by atoms with Gasteiger partial charge in [0, 0.05) is 5.56 Å². The van der Waals surface area contributed by atoms with Crippen molar-refractivity contribution < 1.29 is 22.6 Å². The second-order valence-electron chi connectivity index (χ2n) is 5.09. The van der Waals surface area contributed by atoms with Gasteiger partial charge >= 0.3 is 0 Å². The average molecular weight is 364 g/mol. The average Bonchev–Trinajstić information content (AvgIpc) is 2.61. The number of aryl methyl sites for hydroxylation is 1. The molecule has 0 saturated carbocycles. The fourth-order valence-electron chi connectivity index (χ4n) is 2.22. The molecule has 0 fully saturated rings. The first kappa shape index (κ1) is 18.6. The van der Waals surface area contributed by atoms with E-state index in [0.29, 0.717) is 17.1 Å². The van der Waals surface area contributed by atoms with Crippen LogP contribution in [0.15, 0.2) is 46.4 Å². The number of ether oxygens (including phenoxy) is 3. The smallest absolute Gasteiger partial charge is 0.280 e. The van der Waals surface area contributed by atoms with Gasteiger partial charge in [0.05, 0.1) is 27.5 Å². The Labute approximate surface area is 147 Å². The Morgan fingerprint density at radius 2 is 1.72 bits per heavy atom. The Bertz CT molecular complexity index is 879. The summed E-state index contributed by atoms with van der Waals surface area (Å²) in [6.45, 7) is 1.79. The molecule has 0 bridgehead atoms. The Morgan fingerprint density at radius 1 is 1.00 bits per heavy atom. The third kappa shape index (κ3) is 4.21. The van der Waals surface area contributed by atoms with Crippen LogP contribution < -0.4 is 19.0 Å². The minimum Gasteiger partial charge on any atom is -0.495 e. The van der Waals surface area contributed by atoms with Gasteiger partial charge in [-0.1, -0.05) is 12.1 Å². The molecule has 0 radical (unpaired) electrons. The summed E-state index contributed by atoms with van der Waals surface area (Å²) in [4.78, 5) is 2.20. The van der Waals surface area contributed by atoms with Crippen LogP contribution in [0, 0.1) is 6.92 Å². The number of para-hydroxylation sites is 1. The van der Waals surface area contributed by atoms with E-state index in [1.54, 1.807) is 37.3 Å². The first-order valence-corrected chi connectivity index (χ1v) is 8.81. The molecule has 134 valence electrons. The lowest BCUT2D eigenvalue weighted by Gasteiger charge is -2.11. The number of methoxy groups -OCH3 is 3. The predicted octanol–water partition coefficient (Wildman–Crippen LogP) is 2.33. The Kier molecular flexibility index (Phi) is 5.87. The van der Waals surface area contributed by atoms with Crippen LogP contribution in [0.3, 0.4) is 0 Å². The van der Waals surface area contributed by atoms with E-state index in [4.69, 9.17) is 14.2 Å². The number of sulfonamides is 1. The Balaban J connectivity index is 2.29. The third-order valence-corrected chi connectivity index (χ3v) is 4.66. The Hall–Kier alpha value is -2.74. The van der Waals surface area contributed by atoms with E-state index < -0.39 is 10.0 Å². The summed E-state index contributed by atoms with van der Waals surface area (Å²) in [7, 11) is 0.551. The normalized spacial score (nSPS) is 11.4. The molecule has 0 atom stereocenters. The molecule has 0 aromatic heterocycles. The summed E-state index contributed by atoms with van der Waals surface area (Å²) in [5, 5.41) is 3.82. The van der Waals surface area contributed by atoms with Gasteiger partial charge in [-0.25, -0.2) is 0 Å². The monoisotopic (exact) mass is 364 g/mol. The van der Waals surface area contributed by atoms with Crippen molar-refractivity contribution in [3.63, 3.8) is 0 Å². The molecule has 0 aliphatic rings. The highest BCUT2D eigenvalue weighted by atomic mass is 32.2. The molecular formula is C17H20N2O5S. The molecule has 0 amide bonds. The number of hydrogen-bond acceptors (Lipinski definition) is 6. The molecule has 0 heterocycles. The predicted molar refractivity (Wildman–Crippen MR) is 95.2 cm³/mol. The van der Waals surface area contributed by atoms with Gasteiger partial charge in [-0.2, -0.15) is 18.4 Å². The van der Waals surface area contributed by atoms with Crippen molar-refractivity contribution in [1.29, 1.82) is 0 Å². The van der Waals surface area contributed by atoms with Gasteiger partial charge in [0.1, 0.15) is 10.6 Å². The van der Waals surface area contributed by atoms with E-state index in [1.807, 2.05) is 0 Å². The zero-order valence-electron chi connectivity index (χ0n) is 14.4. The van der Waals surface area contributed by atoms with Gasteiger partial charge in [0.25, 0.3) is 10.0 Å². The number of hydrazone groups is 1. The van der Waals surface area contributed by atoms with Crippen LogP contribution in [0.25, 0.3) is 0 Å². The summed E-state index contributed by atoms with van der Waals surface area (Å²) in [6.07, 6.45) is 1.35. The Morgan fingerprint density at radius 3 is 2.36 bits per heavy atom. The van der Waals surface area contributed by atoms with Crippen molar-refractivity contribution in [1.82, 2.24) is 4.83 Å². The van der Waals surface area contributed by atoms with Crippen LogP contribution in [0.5, 0.6) is 17.2 Å². The van der Waals surface area contributed by atoms with Gasteiger partial charge < -0.3 is 14.2 Å². The second kappa shape index (κ2) is 7.89. The van der Waals surface area contributed by atoms with Crippen molar-refractivity contribution in [2.45, 2.75) is 11.8 Å².